The van der Waals surface area contributed by atoms with Crippen LogP contribution in [0.2, 0.25) is 0 Å². The fraction of sp³-hybridized carbons (Fsp3) is 0.364. The Morgan fingerprint density at radius 3 is 2.36 bits per heavy atom. The molecular weight excluding hydrogens is 359 g/mol. The third-order valence-corrected chi connectivity index (χ3v) is 5.07. The first-order chi connectivity index (χ1) is 13.5. The Morgan fingerprint density at radius 1 is 1.04 bits per heavy atom. The van der Waals surface area contributed by atoms with Crippen molar-refractivity contribution >= 4 is 17.4 Å². The number of carbonyl (C=O) groups excluding carboxylic acids is 2. The van der Waals surface area contributed by atoms with E-state index in [1.54, 1.807) is 36.4 Å². The number of likely N-dealkylation sites (N-methyl/N-ethyl adjacent to an activating group) is 1. The molecule has 1 unspecified atom stereocenters. The van der Waals surface area contributed by atoms with Crippen molar-refractivity contribution in [3.8, 4) is 0 Å². The summed E-state index contributed by atoms with van der Waals surface area (Å²) in [5, 5.41) is 0. The number of Topliss-reactive ketones (excluding diaryl/α,β-unsaturated/α-hetero) is 1. The molecule has 0 amide bonds. The number of anilines is 1. The molecule has 0 spiro atoms. The zero-order valence-electron chi connectivity index (χ0n) is 16.2. The minimum Gasteiger partial charge on any atom is -0.465 e. The lowest BCUT2D eigenvalue weighted by Crippen LogP contribution is -2.44. The van der Waals surface area contributed by atoms with Crippen LogP contribution in [0.5, 0.6) is 0 Å². The summed E-state index contributed by atoms with van der Waals surface area (Å²) in [5.41, 5.74) is 2.33. The maximum absolute atomic E-state index is 14.6. The molecule has 1 heterocycles. The van der Waals surface area contributed by atoms with Crippen LogP contribution in [0.25, 0.3) is 0 Å². The molecule has 0 saturated carbocycles. The molecule has 1 fully saturated rings. The van der Waals surface area contributed by atoms with E-state index in [0.29, 0.717) is 16.7 Å². The summed E-state index contributed by atoms with van der Waals surface area (Å²) in [6.07, 6.45) is -1.74. The van der Waals surface area contributed by atoms with Crippen LogP contribution in [0.1, 0.15) is 26.3 Å². The SMILES string of the molecule is COC(=O)c1cccc(CC(F)C(=O)c2ccc(N3CCN(C)CC3)cc2)c1. The normalized spacial score (nSPS) is 15.9. The van der Waals surface area contributed by atoms with Crippen LogP contribution in [0.15, 0.2) is 48.5 Å². The first-order valence-electron chi connectivity index (χ1n) is 9.37. The monoisotopic (exact) mass is 384 g/mol. The number of benzene rings is 2. The van der Waals surface area contributed by atoms with Crippen molar-refractivity contribution in [1.29, 1.82) is 0 Å². The lowest BCUT2D eigenvalue weighted by Gasteiger charge is -2.34. The number of methoxy groups -OCH3 is 1. The van der Waals surface area contributed by atoms with Gasteiger partial charge in [-0.1, -0.05) is 12.1 Å². The van der Waals surface area contributed by atoms with Crippen molar-refractivity contribution in [1.82, 2.24) is 4.90 Å². The lowest BCUT2D eigenvalue weighted by atomic mass is 9.99. The van der Waals surface area contributed by atoms with Gasteiger partial charge in [-0.15, -0.1) is 0 Å². The molecule has 148 valence electrons. The number of rotatable bonds is 6. The summed E-state index contributed by atoms with van der Waals surface area (Å²) < 4.78 is 19.3. The lowest BCUT2D eigenvalue weighted by molar-refractivity contribution is 0.0600. The average molecular weight is 384 g/mol. The molecule has 0 aliphatic carbocycles. The summed E-state index contributed by atoms with van der Waals surface area (Å²) in [6.45, 7) is 3.87. The minimum absolute atomic E-state index is 0.0795. The van der Waals surface area contributed by atoms with E-state index in [-0.39, 0.29) is 6.42 Å². The van der Waals surface area contributed by atoms with Crippen molar-refractivity contribution in [2.45, 2.75) is 12.6 Å². The second-order valence-electron chi connectivity index (χ2n) is 7.07. The maximum atomic E-state index is 14.6. The van der Waals surface area contributed by atoms with Crippen molar-refractivity contribution in [3.05, 3.63) is 65.2 Å². The standard InChI is InChI=1S/C22H25FN2O3/c1-24-10-12-25(13-11-24)19-8-6-17(7-9-19)21(26)20(23)15-16-4-3-5-18(14-16)22(27)28-2/h3-9,14,20H,10-13,15H2,1-2H3. The topological polar surface area (TPSA) is 49.9 Å². The molecule has 6 heteroatoms. The number of piperazine rings is 1. The predicted molar refractivity (Wildman–Crippen MR) is 107 cm³/mol. The predicted octanol–water partition coefficient (Wildman–Crippen LogP) is 2.99. The van der Waals surface area contributed by atoms with E-state index in [9.17, 15) is 14.0 Å². The van der Waals surface area contributed by atoms with E-state index in [4.69, 9.17) is 0 Å². The Bertz CT molecular complexity index is 830. The highest BCUT2D eigenvalue weighted by molar-refractivity contribution is 5.99. The minimum atomic E-state index is -1.66. The van der Waals surface area contributed by atoms with E-state index >= 15 is 0 Å². The molecule has 0 radical (unpaired) electrons. The second kappa shape index (κ2) is 8.97. The quantitative estimate of drug-likeness (QED) is 0.566. The molecular formula is C22H25FN2O3. The Morgan fingerprint density at radius 2 is 1.71 bits per heavy atom. The first-order valence-corrected chi connectivity index (χ1v) is 9.37. The summed E-state index contributed by atoms with van der Waals surface area (Å²) in [5.74, 6) is -1.03. The van der Waals surface area contributed by atoms with Crippen LogP contribution in [-0.4, -0.2) is 63.2 Å². The van der Waals surface area contributed by atoms with Gasteiger partial charge in [0, 0.05) is 43.9 Å². The van der Waals surface area contributed by atoms with Crippen molar-refractivity contribution in [3.63, 3.8) is 0 Å². The number of halogens is 1. The molecule has 2 aromatic rings. The van der Waals surface area contributed by atoms with Crippen LogP contribution < -0.4 is 4.90 Å². The van der Waals surface area contributed by atoms with Gasteiger partial charge in [0.05, 0.1) is 12.7 Å². The summed E-state index contributed by atoms with van der Waals surface area (Å²) in [4.78, 5) is 28.6. The second-order valence-corrected chi connectivity index (χ2v) is 7.07. The van der Waals surface area contributed by atoms with Gasteiger partial charge in [0.2, 0.25) is 0 Å². The van der Waals surface area contributed by atoms with Crippen molar-refractivity contribution in [2.75, 3.05) is 45.2 Å². The van der Waals surface area contributed by atoms with Crippen LogP contribution in [0, 0.1) is 0 Å². The summed E-state index contributed by atoms with van der Waals surface area (Å²) >= 11 is 0. The van der Waals surface area contributed by atoms with Crippen molar-refractivity contribution in [2.24, 2.45) is 0 Å². The smallest absolute Gasteiger partial charge is 0.337 e. The zero-order chi connectivity index (χ0) is 20.1. The number of ether oxygens (including phenoxy) is 1. The van der Waals surface area contributed by atoms with Gasteiger partial charge in [0.1, 0.15) is 0 Å². The van der Waals surface area contributed by atoms with Gasteiger partial charge in [0.15, 0.2) is 12.0 Å². The third kappa shape index (κ3) is 4.75. The highest BCUT2D eigenvalue weighted by atomic mass is 19.1. The molecule has 5 nitrogen and oxygen atoms in total. The number of hydrogen-bond donors (Lipinski definition) is 0. The van der Waals surface area contributed by atoms with Crippen LogP contribution in [-0.2, 0) is 11.2 Å². The van der Waals surface area contributed by atoms with E-state index in [1.807, 2.05) is 12.1 Å². The molecule has 1 atom stereocenters. The van der Waals surface area contributed by atoms with Gasteiger partial charge in [-0.3, -0.25) is 4.79 Å². The van der Waals surface area contributed by atoms with Crippen LogP contribution >= 0.6 is 0 Å². The average Bonchev–Trinajstić information content (AvgIpc) is 2.73. The molecule has 0 N–H and O–H groups in total. The maximum Gasteiger partial charge on any atom is 0.337 e. The number of ketones is 1. The van der Waals surface area contributed by atoms with Gasteiger partial charge >= 0.3 is 5.97 Å². The molecule has 1 aliphatic heterocycles. The molecule has 3 rings (SSSR count). The van der Waals surface area contributed by atoms with Gasteiger partial charge in [-0.2, -0.15) is 0 Å². The van der Waals surface area contributed by atoms with Gasteiger partial charge in [-0.25, -0.2) is 9.18 Å². The van der Waals surface area contributed by atoms with E-state index in [2.05, 4.69) is 21.6 Å². The van der Waals surface area contributed by atoms with Crippen molar-refractivity contribution < 1.29 is 18.7 Å². The van der Waals surface area contributed by atoms with Crippen LogP contribution in [0.3, 0.4) is 0 Å². The highest BCUT2D eigenvalue weighted by Gasteiger charge is 2.21. The number of alkyl halides is 1. The zero-order valence-corrected chi connectivity index (χ0v) is 16.2. The molecule has 28 heavy (non-hydrogen) atoms. The van der Waals surface area contributed by atoms with E-state index in [0.717, 1.165) is 31.9 Å². The third-order valence-electron chi connectivity index (χ3n) is 5.07. The van der Waals surface area contributed by atoms with Gasteiger partial charge in [-0.05, 0) is 49.0 Å². The van der Waals surface area contributed by atoms with Gasteiger partial charge in [0.25, 0.3) is 0 Å². The summed E-state index contributed by atoms with van der Waals surface area (Å²) in [6, 6.07) is 13.6. The number of carbonyl (C=O) groups is 2. The Kier molecular flexibility index (Phi) is 6.41. The molecule has 2 aromatic carbocycles. The largest absolute Gasteiger partial charge is 0.465 e. The number of hydrogen-bond acceptors (Lipinski definition) is 5. The van der Waals surface area contributed by atoms with Crippen LogP contribution in [0.4, 0.5) is 10.1 Å². The molecule has 1 aliphatic rings. The van der Waals surface area contributed by atoms with Gasteiger partial charge < -0.3 is 14.5 Å². The fourth-order valence-corrected chi connectivity index (χ4v) is 3.32. The van der Waals surface area contributed by atoms with E-state index < -0.39 is 17.9 Å². The first kappa shape index (κ1) is 20.0. The molecule has 0 bridgehead atoms. The number of nitrogens with zero attached hydrogens (tertiary/aromatic N) is 2. The Hall–Kier alpha value is -2.73. The highest BCUT2D eigenvalue weighted by Crippen LogP contribution is 2.19. The Balaban J connectivity index is 1.64. The molecule has 0 aromatic heterocycles. The fourth-order valence-electron chi connectivity index (χ4n) is 3.32. The number of esters is 1. The van der Waals surface area contributed by atoms with E-state index in [1.165, 1.54) is 7.11 Å². The molecule has 1 saturated heterocycles. The summed E-state index contributed by atoms with van der Waals surface area (Å²) in [7, 11) is 3.39. The Labute approximate surface area is 164 Å².